The van der Waals surface area contributed by atoms with Gasteiger partial charge in [-0.1, -0.05) is 22.7 Å². The molecular formula is C20H27N3O6S2. The van der Waals surface area contributed by atoms with E-state index >= 15 is 0 Å². The topological polar surface area (TPSA) is 113 Å². The standard InChI is InChI=1S/C20H27N3O6S2/c1-15(2)22(3)30(25,26)18-11-9-16(10-12-18)14-21-20(24)17-7-6-8-19(13-17)31(27,28)23(4)29-5/h6-13,15H,14H2,1-5H3,(H,21,24). The van der Waals surface area contributed by atoms with Crippen LogP contribution in [0.25, 0.3) is 0 Å². The summed E-state index contributed by atoms with van der Waals surface area (Å²) in [6, 6.07) is 11.6. The third kappa shape index (κ3) is 5.69. The zero-order valence-corrected chi connectivity index (χ0v) is 19.7. The number of carbonyl (C=O) groups excluding carboxylic acids is 1. The zero-order valence-electron chi connectivity index (χ0n) is 18.1. The fourth-order valence-corrected chi connectivity index (χ4v) is 4.94. The first kappa shape index (κ1) is 25.0. The van der Waals surface area contributed by atoms with Gasteiger partial charge in [0, 0.05) is 32.2 Å². The van der Waals surface area contributed by atoms with Crippen molar-refractivity contribution < 1.29 is 26.5 Å². The quantitative estimate of drug-likeness (QED) is 0.561. The van der Waals surface area contributed by atoms with E-state index in [0.717, 1.165) is 0 Å². The minimum Gasteiger partial charge on any atom is -0.348 e. The summed E-state index contributed by atoms with van der Waals surface area (Å²) in [4.78, 5) is 17.3. The Morgan fingerprint density at radius 2 is 1.58 bits per heavy atom. The Morgan fingerprint density at radius 3 is 2.13 bits per heavy atom. The predicted octanol–water partition coefficient (Wildman–Crippen LogP) is 1.83. The molecule has 9 nitrogen and oxygen atoms in total. The number of rotatable bonds is 9. The molecule has 0 atom stereocenters. The second-order valence-corrected chi connectivity index (χ2v) is 11.0. The maximum atomic E-state index is 12.5. The van der Waals surface area contributed by atoms with Crippen LogP contribution in [0, 0.1) is 0 Å². The van der Waals surface area contributed by atoms with Crippen molar-refractivity contribution in [2.75, 3.05) is 21.2 Å². The number of benzene rings is 2. The first-order chi connectivity index (χ1) is 14.4. The molecule has 2 rings (SSSR count). The summed E-state index contributed by atoms with van der Waals surface area (Å²) in [6.07, 6.45) is 0. The van der Waals surface area contributed by atoms with Crippen molar-refractivity contribution in [2.24, 2.45) is 0 Å². The summed E-state index contributed by atoms with van der Waals surface area (Å²) in [5, 5.41) is 2.70. The molecule has 0 radical (unpaired) electrons. The first-order valence-electron chi connectivity index (χ1n) is 9.39. The Bertz CT molecular complexity index is 1130. The molecule has 2 aromatic rings. The Balaban J connectivity index is 2.11. The van der Waals surface area contributed by atoms with Gasteiger partial charge in [-0.15, -0.1) is 0 Å². The van der Waals surface area contributed by atoms with Crippen molar-refractivity contribution >= 4 is 26.0 Å². The number of hydroxylamine groups is 1. The number of hydrogen-bond acceptors (Lipinski definition) is 6. The summed E-state index contributed by atoms with van der Waals surface area (Å²) >= 11 is 0. The SMILES string of the molecule is CON(C)S(=O)(=O)c1cccc(C(=O)NCc2ccc(S(=O)(=O)N(C)C(C)C)cc2)c1. The minimum absolute atomic E-state index is 0.0756. The predicted molar refractivity (Wildman–Crippen MR) is 116 cm³/mol. The molecule has 0 fully saturated rings. The highest BCUT2D eigenvalue weighted by atomic mass is 32.2. The van der Waals surface area contributed by atoms with Gasteiger partial charge in [-0.3, -0.25) is 9.63 Å². The number of sulfonamides is 2. The van der Waals surface area contributed by atoms with Crippen LogP contribution in [-0.4, -0.2) is 58.8 Å². The normalized spacial score (nSPS) is 12.5. The summed E-state index contributed by atoms with van der Waals surface area (Å²) in [7, 11) is -3.45. The molecule has 0 heterocycles. The summed E-state index contributed by atoms with van der Waals surface area (Å²) < 4.78 is 51.7. The second kappa shape index (κ2) is 9.88. The molecule has 1 amide bonds. The first-order valence-corrected chi connectivity index (χ1v) is 12.3. The molecule has 31 heavy (non-hydrogen) atoms. The molecule has 0 spiro atoms. The summed E-state index contributed by atoms with van der Waals surface area (Å²) in [5.74, 6) is -0.464. The Kier molecular flexibility index (Phi) is 7.95. The van der Waals surface area contributed by atoms with Gasteiger partial charge in [0.05, 0.1) is 16.9 Å². The van der Waals surface area contributed by atoms with E-state index in [9.17, 15) is 21.6 Å². The Morgan fingerprint density at radius 1 is 0.968 bits per heavy atom. The van der Waals surface area contributed by atoms with Crippen molar-refractivity contribution in [3.8, 4) is 0 Å². The average molecular weight is 470 g/mol. The molecule has 0 saturated carbocycles. The van der Waals surface area contributed by atoms with Crippen LogP contribution in [0.3, 0.4) is 0 Å². The van der Waals surface area contributed by atoms with E-state index in [1.807, 2.05) is 0 Å². The van der Waals surface area contributed by atoms with Gasteiger partial charge in [-0.05, 0) is 49.7 Å². The fraction of sp³-hybridized carbons (Fsp3) is 0.350. The zero-order chi connectivity index (χ0) is 23.4. The highest BCUT2D eigenvalue weighted by Gasteiger charge is 2.23. The maximum absolute atomic E-state index is 12.5. The van der Waals surface area contributed by atoms with Gasteiger partial charge in [-0.25, -0.2) is 16.8 Å². The third-order valence-corrected chi connectivity index (χ3v) is 8.49. The molecule has 170 valence electrons. The van der Waals surface area contributed by atoms with Gasteiger partial charge < -0.3 is 5.32 Å². The van der Waals surface area contributed by atoms with Gasteiger partial charge >= 0.3 is 0 Å². The molecule has 11 heteroatoms. The molecule has 0 aliphatic rings. The van der Waals surface area contributed by atoms with Gasteiger partial charge in [0.1, 0.15) is 0 Å². The van der Waals surface area contributed by atoms with E-state index in [-0.39, 0.29) is 27.9 Å². The summed E-state index contributed by atoms with van der Waals surface area (Å²) in [6.45, 7) is 3.72. The van der Waals surface area contributed by atoms with E-state index in [1.165, 1.54) is 61.9 Å². The number of nitrogens with zero attached hydrogens (tertiary/aromatic N) is 2. The lowest BCUT2D eigenvalue weighted by Gasteiger charge is -2.21. The lowest BCUT2D eigenvalue weighted by Crippen LogP contribution is -2.33. The molecule has 0 aromatic heterocycles. The van der Waals surface area contributed by atoms with Crippen molar-refractivity contribution in [1.82, 2.24) is 14.1 Å². The van der Waals surface area contributed by atoms with Crippen molar-refractivity contribution in [3.05, 3.63) is 59.7 Å². The van der Waals surface area contributed by atoms with Crippen LogP contribution in [0.5, 0.6) is 0 Å². The molecular weight excluding hydrogens is 442 g/mol. The molecule has 0 saturated heterocycles. The van der Waals surface area contributed by atoms with Crippen LogP contribution < -0.4 is 5.32 Å². The van der Waals surface area contributed by atoms with Crippen molar-refractivity contribution in [3.63, 3.8) is 0 Å². The number of amides is 1. The highest BCUT2D eigenvalue weighted by molar-refractivity contribution is 7.89. The summed E-state index contributed by atoms with van der Waals surface area (Å²) in [5.41, 5.74) is 0.866. The van der Waals surface area contributed by atoms with Gasteiger partial charge in [0.15, 0.2) is 0 Å². The van der Waals surface area contributed by atoms with E-state index in [0.29, 0.717) is 10.0 Å². The lowest BCUT2D eigenvalue weighted by atomic mass is 10.2. The second-order valence-electron chi connectivity index (χ2n) is 7.07. The van der Waals surface area contributed by atoms with Crippen molar-refractivity contribution in [1.29, 1.82) is 0 Å². The minimum atomic E-state index is -3.87. The van der Waals surface area contributed by atoms with E-state index < -0.39 is 26.0 Å². The van der Waals surface area contributed by atoms with Gasteiger partial charge in [0.2, 0.25) is 10.0 Å². The fourth-order valence-electron chi connectivity index (χ4n) is 2.55. The molecule has 0 unspecified atom stereocenters. The smallest absolute Gasteiger partial charge is 0.264 e. The van der Waals surface area contributed by atoms with Gasteiger partial charge in [-0.2, -0.15) is 4.31 Å². The lowest BCUT2D eigenvalue weighted by molar-refractivity contribution is -0.0258. The van der Waals surface area contributed by atoms with Crippen LogP contribution in [0.15, 0.2) is 58.3 Å². The third-order valence-electron chi connectivity index (χ3n) is 4.77. The van der Waals surface area contributed by atoms with Crippen LogP contribution in [0.4, 0.5) is 0 Å². The van der Waals surface area contributed by atoms with Crippen LogP contribution in [-0.2, 0) is 31.4 Å². The van der Waals surface area contributed by atoms with Crippen LogP contribution in [0.1, 0.15) is 29.8 Å². The molecule has 2 aromatic carbocycles. The molecule has 0 aliphatic carbocycles. The van der Waals surface area contributed by atoms with Crippen LogP contribution >= 0.6 is 0 Å². The molecule has 1 N–H and O–H groups in total. The molecule has 0 bridgehead atoms. The van der Waals surface area contributed by atoms with E-state index in [2.05, 4.69) is 5.32 Å². The van der Waals surface area contributed by atoms with Crippen molar-refractivity contribution in [2.45, 2.75) is 36.2 Å². The average Bonchev–Trinajstić information content (AvgIpc) is 2.76. The Labute approximate surface area is 183 Å². The number of hydrogen-bond donors (Lipinski definition) is 1. The Hall–Kier alpha value is -2.31. The van der Waals surface area contributed by atoms with E-state index in [4.69, 9.17) is 4.84 Å². The van der Waals surface area contributed by atoms with Gasteiger partial charge in [0.25, 0.3) is 15.9 Å². The molecule has 0 aliphatic heterocycles. The number of nitrogens with one attached hydrogen (secondary N) is 1. The maximum Gasteiger partial charge on any atom is 0.264 e. The number of carbonyl (C=O) groups is 1. The van der Waals surface area contributed by atoms with E-state index in [1.54, 1.807) is 26.0 Å². The van der Waals surface area contributed by atoms with Crippen LogP contribution in [0.2, 0.25) is 0 Å². The highest BCUT2D eigenvalue weighted by Crippen LogP contribution is 2.18. The largest absolute Gasteiger partial charge is 0.348 e. The monoisotopic (exact) mass is 469 g/mol.